The summed E-state index contributed by atoms with van der Waals surface area (Å²) in [6.07, 6.45) is 0. The van der Waals surface area contributed by atoms with E-state index in [0.29, 0.717) is 5.56 Å². The summed E-state index contributed by atoms with van der Waals surface area (Å²) >= 11 is 0. The average molecular weight is 274 g/mol. The monoisotopic (exact) mass is 274 g/mol. The number of benzene rings is 1. The second kappa shape index (κ2) is 5.92. The molecule has 0 saturated carbocycles. The Balaban J connectivity index is 2.89. The lowest BCUT2D eigenvalue weighted by Crippen LogP contribution is -2.38. The van der Waals surface area contributed by atoms with Crippen molar-refractivity contribution in [3.63, 3.8) is 0 Å². The van der Waals surface area contributed by atoms with Gasteiger partial charge < -0.3 is 5.73 Å². The van der Waals surface area contributed by atoms with E-state index in [4.69, 9.17) is 5.73 Å². The molecule has 5 nitrogen and oxygen atoms in total. The summed E-state index contributed by atoms with van der Waals surface area (Å²) < 4.78 is 37.9. The number of likely N-dealkylation sites (N-methyl/N-ethyl adjacent to an activating group) is 1. The van der Waals surface area contributed by atoms with Gasteiger partial charge in [-0.2, -0.15) is 4.31 Å². The van der Waals surface area contributed by atoms with E-state index in [-0.39, 0.29) is 18.8 Å². The van der Waals surface area contributed by atoms with E-state index in [0.717, 1.165) is 10.4 Å². The van der Waals surface area contributed by atoms with E-state index >= 15 is 0 Å². The predicted molar refractivity (Wildman–Crippen MR) is 65.5 cm³/mol. The van der Waals surface area contributed by atoms with Crippen LogP contribution >= 0.6 is 0 Å². The first-order valence-electron chi connectivity index (χ1n) is 5.35. The standard InChI is InChI=1S/C11H15FN2O3S/c1-2-14(7-11(13)15)18(16,17)8-9-4-3-5-10(12)6-9/h3-6H,2,7-8H2,1H3,(H2,13,15). The number of carbonyl (C=O) groups excluding carboxylic acids is 1. The largest absolute Gasteiger partial charge is 0.369 e. The second-order valence-electron chi connectivity index (χ2n) is 3.78. The fraction of sp³-hybridized carbons (Fsp3) is 0.364. The molecule has 18 heavy (non-hydrogen) atoms. The minimum Gasteiger partial charge on any atom is -0.369 e. The van der Waals surface area contributed by atoms with E-state index in [1.54, 1.807) is 6.92 Å². The van der Waals surface area contributed by atoms with Crippen LogP contribution in [0.2, 0.25) is 0 Å². The smallest absolute Gasteiger partial charge is 0.232 e. The number of carbonyl (C=O) groups is 1. The molecule has 0 spiro atoms. The van der Waals surface area contributed by atoms with Gasteiger partial charge in [0.15, 0.2) is 0 Å². The molecule has 0 atom stereocenters. The Bertz CT molecular complexity index is 531. The number of nitrogens with two attached hydrogens (primary N) is 1. The zero-order valence-corrected chi connectivity index (χ0v) is 10.8. The van der Waals surface area contributed by atoms with Gasteiger partial charge in [0.25, 0.3) is 0 Å². The molecule has 0 bridgehead atoms. The maximum atomic E-state index is 13.0. The summed E-state index contributed by atoms with van der Waals surface area (Å²) in [5.41, 5.74) is 5.31. The van der Waals surface area contributed by atoms with Crippen molar-refractivity contribution in [3.8, 4) is 0 Å². The molecule has 1 amide bonds. The van der Waals surface area contributed by atoms with E-state index in [9.17, 15) is 17.6 Å². The van der Waals surface area contributed by atoms with E-state index in [2.05, 4.69) is 0 Å². The molecule has 0 unspecified atom stereocenters. The maximum Gasteiger partial charge on any atom is 0.232 e. The highest BCUT2D eigenvalue weighted by atomic mass is 32.2. The van der Waals surface area contributed by atoms with Crippen LogP contribution < -0.4 is 5.73 Å². The SMILES string of the molecule is CCN(CC(N)=O)S(=O)(=O)Cc1cccc(F)c1. The van der Waals surface area contributed by atoms with Crippen molar-refractivity contribution < 1.29 is 17.6 Å². The van der Waals surface area contributed by atoms with Crippen LogP contribution in [-0.2, 0) is 20.6 Å². The quantitative estimate of drug-likeness (QED) is 0.818. The summed E-state index contributed by atoms with van der Waals surface area (Å²) in [5.74, 6) is -1.58. The van der Waals surface area contributed by atoms with Crippen LogP contribution in [0.5, 0.6) is 0 Å². The van der Waals surface area contributed by atoms with Crippen LogP contribution in [0.4, 0.5) is 4.39 Å². The molecule has 0 aliphatic carbocycles. The van der Waals surface area contributed by atoms with Crippen LogP contribution in [0, 0.1) is 5.82 Å². The molecule has 7 heteroatoms. The third kappa shape index (κ3) is 4.08. The first-order valence-corrected chi connectivity index (χ1v) is 6.96. The molecule has 1 rings (SSSR count). The van der Waals surface area contributed by atoms with Gasteiger partial charge in [0.05, 0.1) is 12.3 Å². The van der Waals surface area contributed by atoms with Crippen molar-refractivity contribution in [2.75, 3.05) is 13.1 Å². The Morgan fingerprint density at radius 3 is 2.61 bits per heavy atom. The number of amides is 1. The highest BCUT2D eigenvalue weighted by molar-refractivity contribution is 7.88. The lowest BCUT2D eigenvalue weighted by molar-refractivity contribution is -0.118. The highest BCUT2D eigenvalue weighted by Gasteiger charge is 2.22. The zero-order valence-electron chi connectivity index (χ0n) is 9.97. The van der Waals surface area contributed by atoms with Crippen LogP contribution in [0.1, 0.15) is 12.5 Å². The minimum atomic E-state index is -3.67. The van der Waals surface area contributed by atoms with Crippen molar-refractivity contribution in [2.45, 2.75) is 12.7 Å². The molecule has 0 radical (unpaired) electrons. The molecule has 1 aromatic rings. The predicted octanol–water partition coefficient (Wildman–Crippen LogP) is 0.463. The Kier molecular flexibility index (Phi) is 4.80. The van der Waals surface area contributed by atoms with Gasteiger partial charge in [-0.3, -0.25) is 4.79 Å². The van der Waals surface area contributed by atoms with Gasteiger partial charge >= 0.3 is 0 Å². The molecule has 0 saturated heterocycles. The number of primary amides is 1. The van der Waals surface area contributed by atoms with Crippen molar-refractivity contribution in [3.05, 3.63) is 35.6 Å². The Labute approximate surface area is 105 Å². The molecular formula is C11H15FN2O3S. The van der Waals surface area contributed by atoms with Crippen molar-refractivity contribution in [1.82, 2.24) is 4.31 Å². The summed E-state index contributed by atoms with van der Waals surface area (Å²) in [6.45, 7) is 1.38. The van der Waals surface area contributed by atoms with Crippen molar-refractivity contribution in [2.24, 2.45) is 5.73 Å². The molecular weight excluding hydrogens is 259 g/mol. The summed E-state index contributed by atoms with van der Waals surface area (Å²) in [7, 11) is -3.67. The van der Waals surface area contributed by atoms with Gasteiger partial charge in [-0.1, -0.05) is 19.1 Å². The van der Waals surface area contributed by atoms with Gasteiger partial charge in [-0.05, 0) is 17.7 Å². The normalized spacial score (nSPS) is 11.7. The van der Waals surface area contributed by atoms with Gasteiger partial charge in [0.1, 0.15) is 5.82 Å². The topological polar surface area (TPSA) is 80.5 Å². The summed E-state index contributed by atoms with van der Waals surface area (Å²) in [5, 5.41) is 0. The Morgan fingerprint density at radius 1 is 1.44 bits per heavy atom. The van der Waals surface area contributed by atoms with Crippen LogP contribution in [-0.4, -0.2) is 31.7 Å². The van der Waals surface area contributed by atoms with Gasteiger partial charge in [-0.15, -0.1) is 0 Å². The number of halogens is 1. The average Bonchev–Trinajstić information content (AvgIpc) is 2.24. The number of hydrogen-bond acceptors (Lipinski definition) is 3. The molecule has 1 aromatic carbocycles. The van der Waals surface area contributed by atoms with Gasteiger partial charge in [0.2, 0.25) is 15.9 Å². The number of sulfonamides is 1. The number of rotatable bonds is 6. The summed E-state index contributed by atoms with van der Waals surface area (Å²) in [6, 6.07) is 5.33. The summed E-state index contributed by atoms with van der Waals surface area (Å²) in [4.78, 5) is 10.8. The van der Waals surface area contributed by atoms with E-state index in [1.807, 2.05) is 0 Å². The molecule has 2 N–H and O–H groups in total. The van der Waals surface area contributed by atoms with Crippen molar-refractivity contribution >= 4 is 15.9 Å². The molecule has 0 aromatic heterocycles. The molecule has 0 heterocycles. The highest BCUT2D eigenvalue weighted by Crippen LogP contribution is 2.11. The van der Waals surface area contributed by atoms with E-state index < -0.39 is 21.7 Å². The number of nitrogens with zero attached hydrogens (tertiary/aromatic N) is 1. The molecule has 100 valence electrons. The lowest BCUT2D eigenvalue weighted by Gasteiger charge is -2.18. The minimum absolute atomic E-state index is 0.139. The van der Waals surface area contributed by atoms with Crippen LogP contribution in [0.25, 0.3) is 0 Å². The van der Waals surface area contributed by atoms with Crippen LogP contribution in [0.3, 0.4) is 0 Å². The van der Waals surface area contributed by atoms with Gasteiger partial charge in [-0.25, -0.2) is 12.8 Å². The second-order valence-corrected chi connectivity index (χ2v) is 5.75. The maximum absolute atomic E-state index is 13.0. The molecule has 0 aliphatic heterocycles. The van der Waals surface area contributed by atoms with E-state index in [1.165, 1.54) is 18.2 Å². The third-order valence-corrected chi connectivity index (χ3v) is 4.19. The third-order valence-electron chi connectivity index (χ3n) is 2.32. The zero-order chi connectivity index (χ0) is 13.8. The number of hydrogen-bond donors (Lipinski definition) is 1. The first kappa shape index (κ1) is 14.6. The molecule has 0 aliphatic rings. The fourth-order valence-electron chi connectivity index (χ4n) is 1.51. The Hall–Kier alpha value is -1.47. The fourth-order valence-corrected chi connectivity index (χ4v) is 3.01. The Morgan fingerprint density at radius 2 is 2.11 bits per heavy atom. The van der Waals surface area contributed by atoms with Crippen molar-refractivity contribution in [1.29, 1.82) is 0 Å². The lowest BCUT2D eigenvalue weighted by atomic mass is 10.2. The van der Waals surface area contributed by atoms with Gasteiger partial charge in [0, 0.05) is 6.54 Å². The molecule has 0 fully saturated rings. The van der Waals surface area contributed by atoms with Crippen LogP contribution in [0.15, 0.2) is 24.3 Å². The first-order chi connectivity index (χ1) is 8.35.